The molecule has 0 aliphatic heterocycles. The summed E-state index contributed by atoms with van der Waals surface area (Å²) in [5.41, 5.74) is 6.88. The number of sulfonamides is 1. The molecule has 5 nitrogen and oxygen atoms in total. The van der Waals surface area contributed by atoms with Crippen molar-refractivity contribution in [3.05, 3.63) is 29.8 Å². The zero-order chi connectivity index (χ0) is 14.5. The molecule has 1 aromatic carbocycles. The van der Waals surface area contributed by atoms with E-state index in [2.05, 4.69) is 0 Å². The van der Waals surface area contributed by atoms with Gasteiger partial charge in [0.25, 0.3) is 0 Å². The highest BCUT2D eigenvalue weighted by Gasteiger charge is 2.19. The largest absolute Gasteiger partial charge is 0.398 e. The van der Waals surface area contributed by atoms with Crippen molar-refractivity contribution in [1.82, 2.24) is 4.31 Å². The Morgan fingerprint density at radius 2 is 1.95 bits per heavy atom. The molecule has 0 aliphatic rings. The number of hydrogen-bond donors (Lipinski definition) is 1. The van der Waals surface area contributed by atoms with Gasteiger partial charge in [0.15, 0.2) is 0 Å². The number of para-hydroxylation sites is 1. The third kappa shape index (κ3) is 5.18. The van der Waals surface area contributed by atoms with Crippen LogP contribution in [0.25, 0.3) is 0 Å². The summed E-state index contributed by atoms with van der Waals surface area (Å²) in [5.74, 6) is -0.0855. The number of nitrogen functional groups attached to an aromatic ring is 1. The van der Waals surface area contributed by atoms with Crippen LogP contribution in [0.1, 0.15) is 19.4 Å². The molecule has 0 bridgehead atoms. The van der Waals surface area contributed by atoms with Crippen LogP contribution in [0.2, 0.25) is 0 Å². The van der Waals surface area contributed by atoms with Gasteiger partial charge in [-0.2, -0.15) is 0 Å². The molecule has 0 aromatic heterocycles. The third-order valence-electron chi connectivity index (χ3n) is 2.73. The molecule has 0 saturated carbocycles. The van der Waals surface area contributed by atoms with E-state index in [1.807, 2.05) is 13.8 Å². The molecule has 0 saturated heterocycles. The lowest BCUT2D eigenvalue weighted by Crippen LogP contribution is -2.32. The van der Waals surface area contributed by atoms with Crippen LogP contribution in [0.15, 0.2) is 24.3 Å². The molecule has 1 rings (SSSR count). The Hall–Kier alpha value is -1.11. The second-order valence-corrected chi connectivity index (χ2v) is 6.77. The van der Waals surface area contributed by atoms with E-state index in [-0.39, 0.29) is 11.9 Å². The molecule has 0 unspecified atom stereocenters. The molecule has 0 radical (unpaired) electrons. The van der Waals surface area contributed by atoms with Crippen molar-refractivity contribution in [2.75, 3.05) is 25.9 Å². The molecule has 6 heteroatoms. The predicted molar refractivity (Wildman–Crippen MR) is 77.2 cm³/mol. The first-order valence-corrected chi connectivity index (χ1v) is 7.83. The molecule has 2 N–H and O–H groups in total. The second-order valence-electron chi connectivity index (χ2n) is 4.70. The first-order chi connectivity index (χ1) is 8.83. The minimum absolute atomic E-state index is 0.0855. The van der Waals surface area contributed by atoms with Crippen LogP contribution in [0, 0.1) is 0 Å². The second kappa shape index (κ2) is 6.88. The van der Waals surface area contributed by atoms with E-state index in [4.69, 9.17) is 10.5 Å². The highest BCUT2D eigenvalue weighted by molar-refractivity contribution is 7.88. The molecule has 0 fully saturated rings. The van der Waals surface area contributed by atoms with Gasteiger partial charge >= 0.3 is 0 Å². The number of hydrogen-bond acceptors (Lipinski definition) is 4. The summed E-state index contributed by atoms with van der Waals surface area (Å²) in [6.07, 6.45) is 0.0980. The molecule has 0 atom stereocenters. The first kappa shape index (κ1) is 15.9. The summed E-state index contributed by atoms with van der Waals surface area (Å²) in [6.45, 7) is 4.56. The fourth-order valence-corrected chi connectivity index (χ4v) is 2.76. The molecule has 1 aromatic rings. The van der Waals surface area contributed by atoms with Gasteiger partial charge in [-0.1, -0.05) is 18.2 Å². The number of rotatable bonds is 7. The van der Waals surface area contributed by atoms with Crippen LogP contribution in [-0.4, -0.2) is 39.0 Å². The maximum Gasteiger partial charge on any atom is 0.218 e. The molecule has 108 valence electrons. The van der Waals surface area contributed by atoms with E-state index in [9.17, 15) is 8.42 Å². The van der Waals surface area contributed by atoms with Crippen LogP contribution in [0.5, 0.6) is 0 Å². The fraction of sp³-hybridized carbons (Fsp3) is 0.538. The Kier molecular flexibility index (Phi) is 5.78. The van der Waals surface area contributed by atoms with Crippen molar-refractivity contribution in [1.29, 1.82) is 0 Å². The fourth-order valence-electron chi connectivity index (χ4n) is 1.53. The first-order valence-electron chi connectivity index (χ1n) is 6.22. The normalized spacial score (nSPS) is 12.3. The molecule has 0 amide bonds. The van der Waals surface area contributed by atoms with Crippen LogP contribution >= 0.6 is 0 Å². The van der Waals surface area contributed by atoms with Gasteiger partial charge in [-0.15, -0.1) is 0 Å². The smallest absolute Gasteiger partial charge is 0.218 e. The summed E-state index contributed by atoms with van der Waals surface area (Å²) < 4.78 is 30.9. The molecular weight excluding hydrogens is 264 g/mol. The van der Waals surface area contributed by atoms with Crippen LogP contribution in [0.3, 0.4) is 0 Å². The molecule has 0 spiro atoms. The third-order valence-corrected chi connectivity index (χ3v) is 4.53. The number of likely N-dealkylation sites (N-methyl/N-ethyl adjacent to an activating group) is 1. The zero-order valence-electron chi connectivity index (χ0n) is 11.7. The lowest BCUT2D eigenvalue weighted by atomic mass is 10.2. The highest BCUT2D eigenvalue weighted by atomic mass is 32.2. The lowest BCUT2D eigenvalue weighted by Gasteiger charge is -2.18. The summed E-state index contributed by atoms with van der Waals surface area (Å²) in [7, 11) is -1.81. The van der Waals surface area contributed by atoms with Gasteiger partial charge in [0.1, 0.15) is 0 Å². The van der Waals surface area contributed by atoms with Crippen molar-refractivity contribution in [3.8, 4) is 0 Å². The van der Waals surface area contributed by atoms with E-state index in [1.54, 1.807) is 31.3 Å². The molecule has 19 heavy (non-hydrogen) atoms. The summed E-state index contributed by atoms with van der Waals surface area (Å²) in [4.78, 5) is 0. The summed E-state index contributed by atoms with van der Waals surface area (Å²) in [6, 6.07) is 6.99. The van der Waals surface area contributed by atoms with Crippen molar-refractivity contribution < 1.29 is 13.2 Å². The van der Waals surface area contributed by atoms with Gasteiger partial charge < -0.3 is 10.5 Å². The average Bonchev–Trinajstić information content (AvgIpc) is 2.31. The van der Waals surface area contributed by atoms with Gasteiger partial charge in [0.05, 0.1) is 18.5 Å². The number of nitrogens with zero attached hydrogens (tertiary/aromatic N) is 1. The van der Waals surface area contributed by atoms with Gasteiger partial charge in [0, 0.05) is 19.3 Å². The van der Waals surface area contributed by atoms with E-state index in [1.165, 1.54) is 4.31 Å². The Morgan fingerprint density at radius 3 is 2.53 bits per heavy atom. The highest BCUT2D eigenvalue weighted by Crippen LogP contribution is 2.15. The quantitative estimate of drug-likeness (QED) is 0.770. The van der Waals surface area contributed by atoms with Crippen LogP contribution in [-0.2, 0) is 20.5 Å². The Labute approximate surface area is 115 Å². The predicted octanol–water partition coefficient (Wildman–Crippen LogP) is 1.46. The average molecular weight is 286 g/mol. The Balaban J connectivity index is 2.63. The standard InChI is InChI=1S/C13H22N2O3S/c1-11(2)18-9-8-15(3)19(16,17)10-12-6-4-5-7-13(12)14/h4-7,11H,8-10,14H2,1-3H3. The van der Waals surface area contributed by atoms with Gasteiger partial charge in [-0.05, 0) is 25.5 Å². The van der Waals surface area contributed by atoms with Crippen LogP contribution < -0.4 is 5.73 Å². The molecular formula is C13H22N2O3S. The summed E-state index contributed by atoms with van der Waals surface area (Å²) >= 11 is 0. The van der Waals surface area contributed by atoms with Gasteiger partial charge in [0.2, 0.25) is 10.0 Å². The van der Waals surface area contributed by atoms with Crippen molar-refractivity contribution in [3.63, 3.8) is 0 Å². The Bertz CT molecular complexity index is 500. The van der Waals surface area contributed by atoms with E-state index in [0.29, 0.717) is 24.4 Å². The minimum atomic E-state index is -3.36. The number of benzene rings is 1. The van der Waals surface area contributed by atoms with Crippen molar-refractivity contribution >= 4 is 15.7 Å². The topological polar surface area (TPSA) is 72.6 Å². The summed E-state index contributed by atoms with van der Waals surface area (Å²) in [5, 5.41) is 0. The van der Waals surface area contributed by atoms with Gasteiger partial charge in [-0.25, -0.2) is 12.7 Å². The van der Waals surface area contributed by atoms with Crippen molar-refractivity contribution in [2.45, 2.75) is 25.7 Å². The van der Waals surface area contributed by atoms with E-state index >= 15 is 0 Å². The van der Waals surface area contributed by atoms with E-state index in [0.717, 1.165) is 0 Å². The monoisotopic (exact) mass is 286 g/mol. The number of nitrogens with two attached hydrogens (primary N) is 1. The Morgan fingerprint density at radius 1 is 1.32 bits per heavy atom. The van der Waals surface area contributed by atoms with E-state index < -0.39 is 10.0 Å². The van der Waals surface area contributed by atoms with Crippen LogP contribution in [0.4, 0.5) is 5.69 Å². The molecule has 0 aliphatic carbocycles. The number of anilines is 1. The van der Waals surface area contributed by atoms with Crippen molar-refractivity contribution in [2.24, 2.45) is 0 Å². The maximum atomic E-state index is 12.1. The number of ether oxygens (including phenoxy) is 1. The maximum absolute atomic E-state index is 12.1. The zero-order valence-corrected chi connectivity index (χ0v) is 12.5. The molecule has 0 heterocycles. The minimum Gasteiger partial charge on any atom is -0.398 e. The SMILES string of the molecule is CC(C)OCCN(C)S(=O)(=O)Cc1ccccc1N. The lowest BCUT2D eigenvalue weighted by molar-refractivity contribution is 0.0737. The van der Waals surface area contributed by atoms with Gasteiger partial charge in [-0.3, -0.25) is 0 Å².